The van der Waals surface area contributed by atoms with Crippen molar-refractivity contribution < 1.29 is 15.0 Å². The van der Waals surface area contributed by atoms with Crippen molar-refractivity contribution in [1.82, 2.24) is 5.32 Å². The largest absolute Gasteiger partial charge is 0.481 e. The van der Waals surface area contributed by atoms with Crippen LogP contribution in [0.5, 0.6) is 0 Å². The second kappa shape index (κ2) is 4.75. The predicted octanol–water partition coefficient (Wildman–Crippen LogP) is 0.456. The predicted molar refractivity (Wildman–Crippen MR) is 53.0 cm³/mol. The van der Waals surface area contributed by atoms with Gasteiger partial charge in [0, 0.05) is 12.6 Å². The highest BCUT2D eigenvalue weighted by Crippen LogP contribution is 2.32. The summed E-state index contributed by atoms with van der Waals surface area (Å²) in [5.74, 6) is -0.776. The number of hydrogen-bond acceptors (Lipinski definition) is 3. The van der Waals surface area contributed by atoms with Gasteiger partial charge >= 0.3 is 5.97 Å². The number of aliphatic hydroxyl groups is 1. The molecule has 0 aromatic heterocycles. The lowest BCUT2D eigenvalue weighted by Gasteiger charge is -2.19. The number of rotatable bonds is 6. The number of aliphatic carboxylic acids is 1. The van der Waals surface area contributed by atoms with Gasteiger partial charge in [-0.2, -0.15) is 0 Å². The van der Waals surface area contributed by atoms with Gasteiger partial charge < -0.3 is 15.5 Å². The lowest BCUT2D eigenvalue weighted by Crippen LogP contribution is -2.40. The zero-order valence-electron chi connectivity index (χ0n) is 8.73. The second-order valence-corrected chi connectivity index (χ2v) is 4.23. The highest BCUT2D eigenvalue weighted by molar-refractivity contribution is 5.70. The Bertz CT molecular complexity index is 204. The number of carboxylic acids is 1. The molecule has 3 N–H and O–H groups in total. The van der Waals surface area contributed by atoms with E-state index in [0.717, 1.165) is 12.8 Å². The van der Waals surface area contributed by atoms with Gasteiger partial charge in [-0.15, -0.1) is 0 Å². The van der Waals surface area contributed by atoms with Gasteiger partial charge in [0.1, 0.15) is 0 Å². The van der Waals surface area contributed by atoms with Crippen LogP contribution in [0.4, 0.5) is 0 Å². The van der Waals surface area contributed by atoms with E-state index in [9.17, 15) is 9.90 Å². The molecule has 0 radical (unpaired) electrons. The first-order chi connectivity index (χ1) is 6.52. The summed E-state index contributed by atoms with van der Waals surface area (Å²) in [6, 6.07) is -0.0964. The number of aliphatic hydroxyl groups excluding tert-OH is 1. The Balaban J connectivity index is 2.19. The van der Waals surface area contributed by atoms with E-state index in [1.54, 1.807) is 6.92 Å². The quantitative estimate of drug-likeness (QED) is 0.584. The molecule has 0 heterocycles. The van der Waals surface area contributed by atoms with Crippen molar-refractivity contribution in [2.24, 2.45) is 11.8 Å². The zero-order valence-corrected chi connectivity index (χ0v) is 8.73. The van der Waals surface area contributed by atoms with Crippen molar-refractivity contribution in [2.45, 2.75) is 38.8 Å². The lowest BCUT2D eigenvalue weighted by atomic mass is 10.0. The Morgan fingerprint density at radius 1 is 1.50 bits per heavy atom. The van der Waals surface area contributed by atoms with Crippen LogP contribution >= 0.6 is 0 Å². The second-order valence-electron chi connectivity index (χ2n) is 4.23. The minimum absolute atomic E-state index is 0.0964. The third-order valence-corrected chi connectivity index (χ3v) is 2.95. The summed E-state index contributed by atoms with van der Waals surface area (Å²) in [5, 5.41) is 21.3. The van der Waals surface area contributed by atoms with Crippen molar-refractivity contribution >= 4 is 5.97 Å². The van der Waals surface area contributed by atoms with Crippen LogP contribution in [0, 0.1) is 11.8 Å². The van der Waals surface area contributed by atoms with Crippen molar-refractivity contribution in [1.29, 1.82) is 0 Å². The molecule has 3 atom stereocenters. The van der Waals surface area contributed by atoms with Gasteiger partial charge in [-0.3, -0.25) is 4.79 Å². The minimum atomic E-state index is -0.800. The molecule has 0 spiro atoms. The smallest absolute Gasteiger partial charge is 0.307 e. The third kappa shape index (κ3) is 3.27. The van der Waals surface area contributed by atoms with Crippen LogP contribution in [0.25, 0.3) is 0 Å². The summed E-state index contributed by atoms with van der Waals surface area (Å²) in [4.78, 5) is 10.6. The fourth-order valence-corrected chi connectivity index (χ4v) is 1.34. The van der Waals surface area contributed by atoms with E-state index in [0.29, 0.717) is 12.5 Å². The highest BCUT2D eigenvalue weighted by Gasteiger charge is 2.30. The van der Waals surface area contributed by atoms with Crippen LogP contribution in [0.2, 0.25) is 0 Å². The molecule has 0 amide bonds. The Hall–Kier alpha value is -0.610. The lowest BCUT2D eigenvalue weighted by molar-refractivity contribution is -0.142. The molecule has 1 saturated carbocycles. The molecule has 1 rings (SSSR count). The third-order valence-electron chi connectivity index (χ3n) is 2.95. The normalized spacial score (nSPS) is 22.8. The number of hydrogen-bond donors (Lipinski definition) is 3. The fourth-order valence-electron chi connectivity index (χ4n) is 1.34. The maximum atomic E-state index is 10.6. The van der Waals surface area contributed by atoms with E-state index in [1.807, 2.05) is 6.92 Å². The molecule has 0 aliphatic heterocycles. The van der Waals surface area contributed by atoms with Crippen LogP contribution in [0.1, 0.15) is 26.7 Å². The van der Waals surface area contributed by atoms with Crippen LogP contribution in [0.15, 0.2) is 0 Å². The molecular weight excluding hydrogens is 182 g/mol. The van der Waals surface area contributed by atoms with Gasteiger partial charge in [0.2, 0.25) is 0 Å². The molecule has 4 heteroatoms. The zero-order chi connectivity index (χ0) is 10.7. The minimum Gasteiger partial charge on any atom is -0.481 e. The summed E-state index contributed by atoms with van der Waals surface area (Å²) in [6.45, 7) is 4.01. The summed E-state index contributed by atoms with van der Waals surface area (Å²) in [7, 11) is 0. The number of carbonyl (C=O) groups is 1. The number of nitrogens with one attached hydrogen (secondary N) is 1. The van der Waals surface area contributed by atoms with Crippen molar-refractivity contribution in [2.75, 3.05) is 6.54 Å². The molecule has 82 valence electrons. The standard InChI is InChI=1S/C10H19NO3/c1-6(10(13)14)7(2)11-5-9(12)8-3-4-8/h6-9,11-12H,3-5H2,1-2H3,(H,13,14). The van der Waals surface area contributed by atoms with Gasteiger partial charge in [0.15, 0.2) is 0 Å². The molecule has 0 aromatic carbocycles. The Morgan fingerprint density at radius 3 is 2.50 bits per heavy atom. The van der Waals surface area contributed by atoms with Crippen molar-refractivity contribution in [3.8, 4) is 0 Å². The number of carboxylic acid groups (broad SMARTS) is 1. The molecule has 4 nitrogen and oxygen atoms in total. The summed E-state index contributed by atoms with van der Waals surface area (Å²) in [6.07, 6.45) is 1.90. The molecule has 1 aliphatic rings. The summed E-state index contributed by atoms with van der Waals surface area (Å²) >= 11 is 0. The first kappa shape index (κ1) is 11.5. The molecule has 3 unspecified atom stereocenters. The van der Waals surface area contributed by atoms with E-state index in [4.69, 9.17) is 5.11 Å². The van der Waals surface area contributed by atoms with E-state index in [1.165, 1.54) is 0 Å². The average molecular weight is 201 g/mol. The maximum absolute atomic E-state index is 10.6. The van der Waals surface area contributed by atoms with Gasteiger partial charge in [0.25, 0.3) is 0 Å². The van der Waals surface area contributed by atoms with Crippen LogP contribution in [-0.4, -0.2) is 34.9 Å². The van der Waals surface area contributed by atoms with E-state index < -0.39 is 11.9 Å². The van der Waals surface area contributed by atoms with Crippen molar-refractivity contribution in [3.05, 3.63) is 0 Å². The molecule has 0 bridgehead atoms. The first-order valence-corrected chi connectivity index (χ1v) is 5.16. The van der Waals surface area contributed by atoms with Crippen LogP contribution < -0.4 is 5.32 Å². The Morgan fingerprint density at radius 2 is 2.07 bits per heavy atom. The van der Waals surface area contributed by atoms with Gasteiger partial charge in [-0.05, 0) is 25.7 Å². The van der Waals surface area contributed by atoms with Gasteiger partial charge in [-0.1, -0.05) is 6.92 Å². The average Bonchev–Trinajstić information content (AvgIpc) is 2.95. The topological polar surface area (TPSA) is 69.6 Å². The monoisotopic (exact) mass is 201 g/mol. The molecular formula is C10H19NO3. The van der Waals surface area contributed by atoms with Crippen LogP contribution in [-0.2, 0) is 4.79 Å². The maximum Gasteiger partial charge on any atom is 0.307 e. The van der Waals surface area contributed by atoms with Gasteiger partial charge in [0.05, 0.1) is 12.0 Å². The summed E-state index contributed by atoms with van der Waals surface area (Å²) < 4.78 is 0. The molecule has 0 aromatic rings. The first-order valence-electron chi connectivity index (χ1n) is 5.16. The van der Waals surface area contributed by atoms with Gasteiger partial charge in [-0.25, -0.2) is 0 Å². The Kier molecular flexibility index (Phi) is 3.89. The van der Waals surface area contributed by atoms with Crippen molar-refractivity contribution in [3.63, 3.8) is 0 Å². The molecule has 0 saturated heterocycles. The van der Waals surface area contributed by atoms with E-state index in [-0.39, 0.29) is 12.1 Å². The fraction of sp³-hybridized carbons (Fsp3) is 0.900. The van der Waals surface area contributed by atoms with Crippen LogP contribution in [0.3, 0.4) is 0 Å². The molecule has 14 heavy (non-hydrogen) atoms. The van der Waals surface area contributed by atoms with E-state index in [2.05, 4.69) is 5.32 Å². The molecule has 1 aliphatic carbocycles. The SMILES string of the molecule is CC(NCC(O)C1CC1)C(C)C(=O)O. The highest BCUT2D eigenvalue weighted by atomic mass is 16.4. The summed E-state index contributed by atoms with van der Waals surface area (Å²) in [5.41, 5.74) is 0. The van der Waals surface area contributed by atoms with E-state index >= 15 is 0 Å². The molecule has 1 fully saturated rings. The Labute approximate surface area is 84.3 Å².